The van der Waals surface area contributed by atoms with Crippen molar-refractivity contribution in [1.82, 2.24) is 0 Å². The van der Waals surface area contributed by atoms with Crippen LogP contribution in [0.25, 0.3) is 0 Å². The van der Waals surface area contributed by atoms with E-state index in [0.29, 0.717) is 39.6 Å². The molecule has 0 aromatic carbocycles. The summed E-state index contributed by atoms with van der Waals surface area (Å²) in [5.74, 6) is 1.63. The Balaban J connectivity index is 3.12. The third-order valence-corrected chi connectivity index (χ3v) is 4.74. The molecule has 4 nitrogen and oxygen atoms in total. The average molecular weight is 361 g/mol. The highest BCUT2D eigenvalue weighted by atomic mass is 16.6. The lowest BCUT2D eigenvalue weighted by molar-refractivity contribution is -0.00363. The van der Waals surface area contributed by atoms with Crippen molar-refractivity contribution in [3.8, 4) is 0 Å². The monoisotopic (exact) mass is 360 g/mol. The van der Waals surface area contributed by atoms with Crippen molar-refractivity contribution in [1.29, 1.82) is 0 Å². The summed E-state index contributed by atoms with van der Waals surface area (Å²) in [6.45, 7) is 14.7. The third-order valence-electron chi connectivity index (χ3n) is 4.74. The van der Waals surface area contributed by atoms with E-state index in [1.165, 1.54) is 38.5 Å². The van der Waals surface area contributed by atoms with Gasteiger partial charge in [0.15, 0.2) is 0 Å². The summed E-state index contributed by atoms with van der Waals surface area (Å²) in [7, 11) is 0. The zero-order valence-electron chi connectivity index (χ0n) is 17.4. The molecule has 0 saturated carbocycles. The molecule has 25 heavy (non-hydrogen) atoms. The lowest BCUT2D eigenvalue weighted by atomic mass is 9.98. The van der Waals surface area contributed by atoms with E-state index in [1.54, 1.807) is 0 Å². The second-order valence-electron chi connectivity index (χ2n) is 6.96. The summed E-state index contributed by atoms with van der Waals surface area (Å²) in [5.41, 5.74) is 0. The summed E-state index contributed by atoms with van der Waals surface area (Å²) in [5, 5.41) is 0. The summed E-state index contributed by atoms with van der Waals surface area (Å²) in [6.07, 6.45) is 8.67. The third kappa shape index (κ3) is 18.4. The molecular formula is C21H44O4. The first-order valence-electron chi connectivity index (χ1n) is 10.5. The largest absolute Gasteiger partial charge is 0.379 e. The fourth-order valence-electron chi connectivity index (χ4n) is 2.71. The summed E-state index contributed by atoms with van der Waals surface area (Å²) >= 11 is 0. The van der Waals surface area contributed by atoms with E-state index in [-0.39, 0.29) is 0 Å². The Kier molecular flexibility index (Phi) is 20.0. The van der Waals surface area contributed by atoms with Gasteiger partial charge in [-0.25, -0.2) is 0 Å². The van der Waals surface area contributed by atoms with Gasteiger partial charge < -0.3 is 18.9 Å². The fraction of sp³-hybridized carbons (Fsp3) is 1.00. The summed E-state index contributed by atoms with van der Waals surface area (Å²) in [6, 6.07) is 0. The van der Waals surface area contributed by atoms with Crippen LogP contribution in [-0.4, -0.2) is 52.9 Å². The molecule has 152 valence electrons. The van der Waals surface area contributed by atoms with Gasteiger partial charge >= 0.3 is 0 Å². The minimum absolute atomic E-state index is 0.630. The maximum Gasteiger partial charge on any atom is 0.0701 e. The van der Waals surface area contributed by atoms with E-state index >= 15 is 0 Å². The predicted molar refractivity (Wildman–Crippen MR) is 105 cm³/mol. The minimum Gasteiger partial charge on any atom is -0.379 e. The Morgan fingerprint density at radius 1 is 0.560 bits per heavy atom. The second kappa shape index (κ2) is 20.2. The van der Waals surface area contributed by atoms with Gasteiger partial charge in [-0.3, -0.25) is 0 Å². The highest BCUT2D eigenvalue weighted by Gasteiger charge is 2.04. The molecule has 2 unspecified atom stereocenters. The molecule has 0 aliphatic carbocycles. The van der Waals surface area contributed by atoms with E-state index in [1.807, 2.05) is 0 Å². The highest BCUT2D eigenvalue weighted by molar-refractivity contribution is 4.55. The highest BCUT2D eigenvalue weighted by Crippen LogP contribution is 2.14. The number of hydrogen-bond acceptors (Lipinski definition) is 4. The summed E-state index contributed by atoms with van der Waals surface area (Å²) in [4.78, 5) is 0. The first-order chi connectivity index (χ1) is 12.2. The maximum atomic E-state index is 5.63. The van der Waals surface area contributed by atoms with Crippen LogP contribution < -0.4 is 0 Å². The van der Waals surface area contributed by atoms with Crippen LogP contribution in [-0.2, 0) is 18.9 Å². The van der Waals surface area contributed by atoms with Crippen LogP contribution in [0, 0.1) is 11.8 Å². The van der Waals surface area contributed by atoms with Crippen molar-refractivity contribution < 1.29 is 18.9 Å². The molecule has 0 aliphatic heterocycles. The van der Waals surface area contributed by atoms with E-state index in [9.17, 15) is 0 Å². The molecule has 0 fully saturated rings. The van der Waals surface area contributed by atoms with E-state index in [4.69, 9.17) is 18.9 Å². The molecule has 0 saturated heterocycles. The van der Waals surface area contributed by atoms with Crippen molar-refractivity contribution in [2.75, 3.05) is 52.9 Å². The maximum absolute atomic E-state index is 5.63. The van der Waals surface area contributed by atoms with Crippen LogP contribution in [0.15, 0.2) is 0 Å². The zero-order valence-corrected chi connectivity index (χ0v) is 17.4. The molecular weight excluding hydrogens is 316 g/mol. The molecule has 4 heteroatoms. The Labute approximate surface area is 156 Å². The number of rotatable bonds is 20. The van der Waals surface area contributed by atoms with Crippen molar-refractivity contribution in [3.63, 3.8) is 0 Å². The van der Waals surface area contributed by atoms with Crippen LogP contribution in [0.2, 0.25) is 0 Å². The Morgan fingerprint density at radius 3 is 1.56 bits per heavy atom. The van der Waals surface area contributed by atoms with Crippen LogP contribution in [0.5, 0.6) is 0 Å². The number of ether oxygens (including phenoxy) is 4. The normalized spacial score (nSPS) is 13.9. The van der Waals surface area contributed by atoms with Crippen molar-refractivity contribution in [3.05, 3.63) is 0 Å². The molecule has 0 bridgehead atoms. The lowest BCUT2D eigenvalue weighted by Gasteiger charge is -2.13. The van der Waals surface area contributed by atoms with Gasteiger partial charge in [-0.15, -0.1) is 0 Å². The first kappa shape index (κ1) is 24.8. The molecule has 0 rings (SSSR count). The van der Waals surface area contributed by atoms with E-state index < -0.39 is 0 Å². The average Bonchev–Trinajstić information content (AvgIpc) is 2.63. The van der Waals surface area contributed by atoms with Crippen molar-refractivity contribution >= 4 is 0 Å². The Bertz CT molecular complexity index is 248. The van der Waals surface area contributed by atoms with Gasteiger partial charge in [0.2, 0.25) is 0 Å². The van der Waals surface area contributed by atoms with Crippen LogP contribution in [0.3, 0.4) is 0 Å². The molecule has 0 N–H and O–H groups in total. The van der Waals surface area contributed by atoms with E-state index in [0.717, 1.165) is 31.5 Å². The molecule has 0 aromatic rings. The minimum atomic E-state index is 0.630. The standard InChI is InChI=1S/C21H44O4/c1-5-9-21(7-3)11-13-23-15-17-25-19-18-24-16-14-22-12-8-10-20(4)6-2/h20-21H,5-19H2,1-4H3. The smallest absolute Gasteiger partial charge is 0.0701 e. The van der Waals surface area contributed by atoms with Gasteiger partial charge in [-0.1, -0.05) is 53.4 Å². The topological polar surface area (TPSA) is 36.9 Å². The van der Waals surface area contributed by atoms with Gasteiger partial charge in [0, 0.05) is 13.2 Å². The van der Waals surface area contributed by atoms with Crippen LogP contribution >= 0.6 is 0 Å². The molecule has 0 heterocycles. The first-order valence-corrected chi connectivity index (χ1v) is 10.5. The molecule has 0 amide bonds. The SMILES string of the molecule is CCCC(CC)CCOCCOCCOCCOCCCC(C)CC. The molecule has 2 atom stereocenters. The predicted octanol–water partition coefficient (Wildman–Crippen LogP) is 5.10. The Hall–Kier alpha value is -0.160. The van der Waals surface area contributed by atoms with Gasteiger partial charge in [0.05, 0.1) is 39.6 Å². The zero-order chi connectivity index (χ0) is 18.6. The van der Waals surface area contributed by atoms with Crippen LogP contribution in [0.4, 0.5) is 0 Å². The van der Waals surface area contributed by atoms with Gasteiger partial charge in [-0.05, 0) is 31.1 Å². The second-order valence-corrected chi connectivity index (χ2v) is 6.96. The Morgan fingerprint density at radius 2 is 1.08 bits per heavy atom. The van der Waals surface area contributed by atoms with Crippen LogP contribution in [0.1, 0.15) is 72.6 Å². The molecule has 0 aliphatic rings. The van der Waals surface area contributed by atoms with Crippen molar-refractivity contribution in [2.45, 2.75) is 72.6 Å². The quantitative estimate of drug-likeness (QED) is 0.283. The molecule has 0 aromatic heterocycles. The fourth-order valence-corrected chi connectivity index (χ4v) is 2.71. The lowest BCUT2D eigenvalue weighted by Crippen LogP contribution is -2.13. The number of hydrogen-bond donors (Lipinski definition) is 0. The van der Waals surface area contributed by atoms with E-state index in [2.05, 4.69) is 27.7 Å². The molecule has 0 spiro atoms. The van der Waals surface area contributed by atoms with Gasteiger partial charge in [-0.2, -0.15) is 0 Å². The summed E-state index contributed by atoms with van der Waals surface area (Å²) < 4.78 is 22.2. The molecule has 0 radical (unpaired) electrons. The van der Waals surface area contributed by atoms with Crippen molar-refractivity contribution in [2.24, 2.45) is 11.8 Å². The van der Waals surface area contributed by atoms with Gasteiger partial charge in [0.25, 0.3) is 0 Å². The van der Waals surface area contributed by atoms with Gasteiger partial charge in [0.1, 0.15) is 0 Å².